The van der Waals surface area contributed by atoms with Gasteiger partial charge in [0.1, 0.15) is 5.75 Å². The molecule has 1 saturated heterocycles. The number of hydrogen-bond donors (Lipinski definition) is 1. The number of benzene rings is 1. The van der Waals surface area contributed by atoms with Gasteiger partial charge in [-0.05, 0) is 87.4 Å². The van der Waals surface area contributed by atoms with Gasteiger partial charge in [-0.3, -0.25) is 9.88 Å². The van der Waals surface area contributed by atoms with E-state index in [9.17, 15) is 5.11 Å². The van der Waals surface area contributed by atoms with Crippen LogP contribution in [-0.2, 0) is 19.4 Å². The molecule has 0 unspecified atom stereocenters. The number of aromatic nitrogens is 1. The topological polar surface area (TPSA) is 45.6 Å². The van der Waals surface area contributed by atoms with E-state index in [4.69, 9.17) is 4.74 Å². The Labute approximate surface area is 162 Å². The first-order valence-corrected chi connectivity index (χ1v) is 10.3. The zero-order chi connectivity index (χ0) is 18.6. The molecule has 1 aromatic heterocycles. The summed E-state index contributed by atoms with van der Waals surface area (Å²) in [5, 5.41) is 10.6. The van der Waals surface area contributed by atoms with Crippen molar-refractivity contribution in [1.29, 1.82) is 0 Å². The Balaban J connectivity index is 1.39. The number of aliphatic hydroxyl groups is 1. The summed E-state index contributed by atoms with van der Waals surface area (Å²) in [5.41, 5.74) is 5.10. The smallest absolute Gasteiger partial charge is 0.124 e. The summed E-state index contributed by atoms with van der Waals surface area (Å²) in [7, 11) is 0. The van der Waals surface area contributed by atoms with Crippen LogP contribution in [0.15, 0.2) is 36.5 Å². The molecule has 1 aliphatic heterocycles. The number of pyridine rings is 1. The maximum atomic E-state index is 10.6. The van der Waals surface area contributed by atoms with Crippen LogP contribution in [0.2, 0.25) is 0 Å². The Bertz CT molecular complexity index is 754. The summed E-state index contributed by atoms with van der Waals surface area (Å²) < 4.78 is 5.95. The molecule has 2 aromatic rings. The van der Waals surface area contributed by atoms with Crippen LogP contribution in [0, 0.1) is 5.92 Å². The summed E-state index contributed by atoms with van der Waals surface area (Å²) in [4.78, 5) is 6.83. The lowest BCUT2D eigenvalue weighted by Crippen LogP contribution is -2.35. The third-order valence-electron chi connectivity index (χ3n) is 6.04. The number of aryl methyl sites for hydroxylation is 2. The van der Waals surface area contributed by atoms with Crippen molar-refractivity contribution >= 4 is 0 Å². The van der Waals surface area contributed by atoms with Crippen LogP contribution in [0.25, 0.3) is 0 Å². The maximum Gasteiger partial charge on any atom is 0.124 e. The summed E-state index contributed by atoms with van der Waals surface area (Å²) >= 11 is 0. The molecule has 0 spiro atoms. The maximum absolute atomic E-state index is 10.6. The molecular formula is C23H30N2O2. The molecule has 0 radical (unpaired) electrons. The van der Waals surface area contributed by atoms with E-state index in [0.717, 1.165) is 43.9 Å². The lowest BCUT2D eigenvalue weighted by Gasteiger charge is -2.34. The minimum Gasteiger partial charge on any atom is -0.494 e. The molecule has 1 fully saturated rings. The highest BCUT2D eigenvalue weighted by Crippen LogP contribution is 2.33. The van der Waals surface area contributed by atoms with E-state index in [1.807, 2.05) is 18.2 Å². The number of fused-ring (bicyclic) bond motifs is 1. The molecule has 4 heteroatoms. The van der Waals surface area contributed by atoms with Gasteiger partial charge in [-0.25, -0.2) is 0 Å². The van der Waals surface area contributed by atoms with Gasteiger partial charge in [0, 0.05) is 18.3 Å². The molecule has 4 nitrogen and oxygen atoms in total. The van der Waals surface area contributed by atoms with Crippen molar-refractivity contribution in [3.8, 4) is 5.75 Å². The lowest BCUT2D eigenvalue weighted by molar-refractivity contribution is 0.0537. The molecule has 0 amide bonds. The van der Waals surface area contributed by atoms with Gasteiger partial charge in [-0.15, -0.1) is 0 Å². The predicted octanol–water partition coefficient (Wildman–Crippen LogP) is 3.91. The van der Waals surface area contributed by atoms with Gasteiger partial charge >= 0.3 is 0 Å². The number of ether oxygens (including phenoxy) is 1. The van der Waals surface area contributed by atoms with Gasteiger partial charge in [0.15, 0.2) is 0 Å². The fraction of sp³-hybridized carbons (Fsp3) is 0.522. The van der Waals surface area contributed by atoms with E-state index < -0.39 is 6.10 Å². The average molecular weight is 367 g/mol. The second-order valence-electron chi connectivity index (χ2n) is 7.83. The summed E-state index contributed by atoms with van der Waals surface area (Å²) in [6.45, 7) is 5.73. The molecule has 0 bridgehead atoms. The largest absolute Gasteiger partial charge is 0.494 e. The van der Waals surface area contributed by atoms with Crippen molar-refractivity contribution in [2.45, 2.75) is 51.7 Å². The van der Waals surface area contributed by atoms with Gasteiger partial charge in [-0.1, -0.05) is 12.1 Å². The predicted molar refractivity (Wildman–Crippen MR) is 107 cm³/mol. The van der Waals surface area contributed by atoms with Crippen molar-refractivity contribution in [2.75, 3.05) is 19.7 Å². The minimum absolute atomic E-state index is 0.294. The number of piperidine rings is 1. The second-order valence-corrected chi connectivity index (χ2v) is 7.83. The summed E-state index contributed by atoms with van der Waals surface area (Å²) in [6, 6.07) is 10.4. The molecule has 1 N–H and O–H groups in total. The highest BCUT2D eigenvalue weighted by molar-refractivity contribution is 5.45. The van der Waals surface area contributed by atoms with Crippen LogP contribution in [0.3, 0.4) is 0 Å². The Kier molecular flexibility index (Phi) is 5.74. The van der Waals surface area contributed by atoms with E-state index in [1.54, 1.807) is 6.20 Å². The number of nitrogens with zero attached hydrogens (tertiary/aromatic N) is 2. The normalized spacial score (nSPS) is 19.0. The molecule has 1 aliphatic carbocycles. The molecule has 144 valence electrons. The standard InChI is InChI=1S/C23H30N2O2/c1-2-27-22-15-19-7-5-6-18(19)14-20(22)16-25-12-9-17(10-13-25)23(26)21-8-3-4-11-24-21/h3-4,8,11,14-15,17,23,26H,2,5-7,9-10,12-13,16H2,1H3/t23-/m0/s1. The molecule has 1 atom stereocenters. The van der Waals surface area contributed by atoms with Crippen molar-refractivity contribution in [2.24, 2.45) is 5.92 Å². The van der Waals surface area contributed by atoms with Crippen LogP contribution in [0.1, 0.15) is 54.7 Å². The summed E-state index contributed by atoms with van der Waals surface area (Å²) in [5.74, 6) is 1.36. The van der Waals surface area contributed by atoms with Gasteiger partial charge in [-0.2, -0.15) is 0 Å². The first-order chi connectivity index (χ1) is 13.2. The van der Waals surface area contributed by atoms with Crippen molar-refractivity contribution in [1.82, 2.24) is 9.88 Å². The van der Waals surface area contributed by atoms with E-state index in [0.29, 0.717) is 12.5 Å². The number of likely N-dealkylation sites (tertiary alicyclic amines) is 1. The monoisotopic (exact) mass is 366 g/mol. The zero-order valence-corrected chi connectivity index (χ0v) is 16.2. The van der Waals surface area contributed by atoms with E-state index in [1.165, 1.54) is 36.0 Å². The third kappa shape index (κ3) is 4.17. The average Bonchev–Trinajstić information content (AvgIpc) is 3.16. The number of aliphatic hydroxyl groups excluding tert-OH is 1. The van der Waals surface area contributed by atoms with Crippen LogP contribution in [-0.4, -0.2) is 34.7 Å². The van der Waals surface area contributed by atoms with Crippen LogP contribution in [0.5, 0.6) is 5.75 Å². The number of hydrogen-bond acceptors (Lipinski definition) is 4. The third-order valence-corrected chi connectivity index (χ3v) is 6.04. The fourth-order valence-corrected chi connectivity index (χ4v) is 4.53. The minimum atomic E-state index is -0.452. The van der Waals surface area contributed by atoms with Gasteiger partial charge in [0.05, 0.1) is 18.4 Å². The van der Waals surface area contributed by atoms with Gasteiger partial charge in [0.2, 0.25) is 0 Å². The van der Waals surface area contributed by atoms with Crippen molar-refractivity contribution < 1.29 is 9.84 Å². The zero-order valence-electron chi connectivity index (χ0n) is 16.2. The van der Waals surface area contributed by atoms with Crippen LogP contribution >= 0.6 is 0 Å². The first kappa shape index (κ1) is 18.5. The first-order valence-electron chi connectivity index (χ1n) is 10.3. The van der Waals surface area contributed by atoms with Crippen LogP contribution < -0.4 is 4.74 Å². The van der Waals surface area contributed by atoms with E-state index in [2.05, 4.69) is 28.9 Å². The molecule has 4 rings (SSSR count). The van der Waals surface area contributed by atoms with Crippen molar-refractivity contribution in [3.05, 3.63) is 58.9 Å². The molecule has 1 aromatic carbocycles. The SMILES string of the molecule is CCOc1cc2c(cc1CN1CCC([C@H](O)c3ccccn3)CC1)CCC2. The Hall–Kier alpha value is -1.91. The van der Waals surface area contributed by atoms with Gasteiger partial charge < -0.3 is 9.84 Å². The fourth-order valence-electron chi connectivity index (χ4n) is 4.53. The molecular weight excluding hydrogens is 336 g/mol. The number of rotatable bonds is 6. The Morgan fingerprint density at radius 1 is 1.19 bits per heavy atom. The van der Waals surface area contributed by atoms with Crippen molar-refractivity contribution in [3.63, 3.8) is 0 Å². The Morgan fingerprint density at radius 2 is 1.96 bits per heavy atom. The Morgan fingerprint density at radius 3 is 2.67 bits per heavy atom. The highest BCUT2D eigenvalue weighted by Gasteiger charge is 2.27. The van der Waals surface area contributed by atoms with E-state index in [-0.39, 0.29) is 0 Å². The van der Waals surface area contributed by atoms with Gasteiger partial charge in [0.25, 0.3) is 0 Å². The molecule has 2 aliphatic rings. The lowest BCUT2D eigenvalue weighted by atomic mass is 9.89. The molecule has 0 saturated carbocycles. The molecule has 2 heterocycles. The van der Waals surface area contributed by atoms with E-state index >= 15 is 0 Å². The van der Waals surface area contributed by atoms with Crippen LogP contribution in [0.4, 0.5) is 0 Å². The second kappa shape index (κ2) is 8.41. The summed E-state index contributed by atoms with van der Waals surface area (Å²) in [6.07, 6.45) is 6.98. The quantitative estimate of drug-likeness (QED) is 0.842. The highest BCUT2D eigenvalue weighted by atomic mass is 16.5. The molecule has 27 heavy (non-hydrogen) atoms.